The molecule has 5 heteroatoms. The molecule has 1 aromatic rings. The maximum Gasteiger partial charge on any atom is 0.222 e. The Labute approximate surface area is 114 Å². The summed E-state index contributed by atoms with van der Waals surface area (Å²) in [6.45, 7) is 3.42. The Morgan fingerprint density at radius 1 is 1.53 bits per heavy atom. The number of nitrogens with zero attached hydrogens (tertiary/aromatic N) is 2. The van der Waals surface area contributed by atoms with Crippen LogP contribution in [0, 0.1) is 6.92 Å². The molecule has 0 spiro atoms. The number of amides is 1. The average Bonchev–Trinajstić information content (AvgIpc) is 2.39. The van der Waals surface area contributed by atoms with Gasteiger partial charge in [0.1, 0.15) is 5.75 Å². The standard InChI is InChI=1S/C14H21N3O2/c1-10-6-13(19-3)7-12(16-10)8-15-11-4-5-14(18)17(2)9-11/h6-7,11,15H,4-5,8-9H2,1-3H3. The van der Waals surface area contributed by atoms with Crippen molar-refractivity contribution in [3.8, 4) is 5.75 Å². The summed E-state index contributed by atoms with van der Waals surface area (Å²) < 4.78 is 5.24. The first-order chi connectivity index (χ1) is 9.08. The molecule has 1 atom stereocenters. The van der Waals surface area contributed by atoms with Crippen LogP contribution in [0.15, 0.2) is 12.1 Å². The number of carbonyl (C=O) groups excluding carboxylic acids is 1. The van der Waals surface area contributed by atoms with E-state index in [1.807, 2.05) is 26.1 Å². The van der Waals surface area contributed by atoms with E-state index >= 15 is 0 Å². The van der Waals surface area contributed by atoms with Gasteiger partial charge >= 0.3 is 0 Å². The fourth-order valence-electron chi connectivity index (χ4n) is 2.34. The molecular weight excluding hydrogens is 242 g/mol. The van der Waals surface area contributed by atoms with E-state index in [-0.39, 0.29) is 5.91 Å². The minimum atomic E-state index is 0.230. The zero-order valence-corrected chi connectivity index (χ0v) is 11.8. The molecule has 1 fully saturated rings. The third kappa shape index (κ3) is 3.67. The highest BCUT2D eigenvalue weighted by molar-refractivity contribution is 5.76. The number of methoxy groups -OCH3 is 1. The molecule has 2 heterocycles. The zero-order valence-electron chi connectivity index (χ0n) is 11.8. The summed E-state index contributed by atoms with van der Waals surface area (Å²) in [7, 11) is 3.51. The second kappa shape index (κ2) is 6.02. The van der Waals surface area contributed by atoms with Gasteiger partial charge in [0, 0.05) is 50.4 Å². The third-order valence-electron chi connectivity index (χ3n) is 3.41. The molecule has 0 saturated carbocycles. The molecular formula is C14H21N3O2. The van der Waals surface area contributed by atoms with E-state index in [2.05, 4.69) is 10.3 Å². The lowest BCUT2D eigenvalue weighted by molar-refractivity contribution is -0.132. The molecule has 0 bridgehead atoms. The van der Waals surface area contributed by atoms with E-state index in [1.165, 1.54) is 0 Å². The number of pyridine rings is 1. The fraction of sp³-hybridized carbons (Fsp3) is 0.571. The summed E-state index contributed by atoms with van der Waals surface area (Å²) in [5, 5.41) is 3.46. The highest BCUT2D eigenvalue weighted by Crippen LogP contribution is 2.14. The van der Waals surface area contributed by atoms with Gasteiger partial charge in [-0.05, 0) is 13.3 Å². The molecule has 1 saturated heterocycles. The lowest BCUT2D eigenvalue weighted by Gasteiger charge is -2.30. The molecule has 1 N–H and O–H groups in total. The van der Waals surface area contributed by atoms with Crippen LogP contribution < -0.4 is 10.1 Å². The lowest BCUT2D eigenvalue weighted by atomic mass is 10.1. The van der Waals surface area contributed by atoms with Crippen molar-refractivity contribution in [3.05, 3.63) is 23.5 Å². The molecule has 1 aliphatic rings. The van der Waals surface area contributed by atoms with Crippen molar-refractivity contribution in [3.63, 3.8) is 0 Å². The van der Waals surface area contributed by atoms with Crippen molar-refractivity contribution < 1.29 is 9.53 Å². The number of likely N-dealkylation sites (tertiary alicyclic amines) is 1. The van der Waals surface area contributed by atoms with Crippen molar-refractivity contribution in [1.29, 1.82) is 0 Å². The van der Waals surface area contributed by atoms with Gasteiger partial charge in [0.2, 0.25) is 5.91 Å². The van der Waals surface area contributed by atoms with Gasteiger partial charge in [-0.3, -0.25) is 9.78 Å². The molecule has 104 valence electrons. The predicted octanol–water partition coefficient (Wildman–Crippen LogP) is 1.11. The minimum Gasteiger partial charge on any atom is -0.497 e. The van der Waals surface area contributed by atoms with E-state index < -0.39 is 0 Å². The van der Waals surface area contributed by atoms with Crippen molar-refractivity contribution in [2.45, 2.75) is 32.4 Å². The van der Waals surface area contributed by atoms with Gasteiger partial charge in [-0.2, -0.15) is 0 Å². The number of hydrogen-bond donors (Lipinski definition) is 1. The second-order valence-electron chi connectivity index (χ2n) is 5.03. The minimum absolute atomic E-state index is 0.230. The highest BCUT2D eigenvalue weighted by Gasteiger charge is 2.22. The first kappa shape index (κ1) is 13.8. The van der Waals surface area contributed by atoms with Crippen LogP contribution in [-0.2, 0) is 11.3 Å². The Hall–Kier alpha value is -1.62. The van der Waals surface area contributed by atoms with E-state index in [1.54, 1.807) is 12.0 Å². The summed E-state index contributed by atoms with van der Waals surface area (Å²) in [5.41, 5.74) is 1.92. The normalized spacial score (nSPS) is 19.6. The van der Waals surface area contributed by atoms with Gasteiger partial charge in [0.15, 0.2) is 0 Å². The largest absolute Gasteiger partial charge is 0.497 e. The van der Waals surface area contributed by atoms with Gasteiger partial charge in [-0.1, -0.05) is 0 Å². The van der Waals surface area contributed by atoms with Gasteiger partial charge in [0.05, 0.1) is 12.8 Å². The number of hydrogen-bond acceptors (Lipinski definition) is 4. The third-order valence-corrected chi connectivity index (χ3v) is 3.41. The number of likely N-dealkylation sites (N-methyl/N-ethyl adjacent to an activating group) is 1. The summed E-state index contributed by atoms with van der Waals surface area (Å²) in [6, 6.07) is 4.20. The second-order valence-corrected chi connectivity index (χ2v) is 5.03. The Balaban J connectivity index is 1.92. The lowest BCUT2D eigenvalue weighted by Crippen LogP contribution is -2.46. The predicted molar refractivity (Wildman–Crippen MR) is 73.0 cm³/mol. The summed E-state index contributed by atoms with van der Waals surface area (Å²) in [6.07, 6.45) is 1.52. The topological polar surface area (TPSA) is 54.5 Å². The SMILES string of the molecule is COc1cc(C)nc(CNC2CCC(=O)N(C)C2)c1. The van der Waals surface area contributed by atoms with Crippen molar-refractivity contribution in [2.75, 3.05) is 20.7 Å². The smallest absolute Gasteiger partial charge is 0.222 e. The molecule has 19 heavy (non-hydrogen) atoms. The monoisotopic (exact) mass is 263 g/mol. The van der Waals surface area contributed by atoms with Crippen LogP contribution in [0.5, 0.6) is 5.75 Å². The molecule has 5 nitrogen and oxygen atoms in total. The van der Waals surface area contributed by atoms with Crippen LogP contribution in [0.25, 0.3) is 0 Å². The van der Waals surface area contributed by atoms with Crippen LogP contribution in [0.3, 0.4) is 0 Å². The molecule has 1 amide bonds. The molecule has 2 rings (SSSR count). The molecule has 0 aromatic carbocycles. The number of rotatable bonds is 4. The number of ether oxygens (including phenoxy) is 1. The Morgan fingerprint density at radius 2 is 2.32 bits per heavy atom. The average molecular weight is 263 g/mol. The van der Waals surface area contributed by atoms with E-state index in [4.69, 9.17) is 4.74 Å². The van der Waals surface area contributed by atoms with E-state index in [0.717, 1.165) is 30.1 Å². The Bertz CT molecular complexity index is 462. The Morgan fingerprint density at radius 3 is 3.00 bits per heavy atom. The number of piperidine rings is 1. The molecule has 0 aliphatic carbocycles. The van der Waals surface area contributed by atoms with Gasteiger partial charge < -0.3 is 15.0 Å². The van der Waals surface area contributed by atoms with Crippen molar-refractivity contribution in [2.24, 2.45) is 0 Å². The highest BCUT2D eigenvalue weighted by atomic mass is 16.5. The first-order valence-corrected chi connectivity index (χ1v) is 6.57. The van der Waals surface area contributed by atoms with Crippen LogP contribution in [0.1, 0.15) is 24.2 Å². The number of carbonyl (C=O) groups is 1. The number of nitrogens with one attached hydrogen (secondary N) is 1. The summed E-state index contributed by atoms with van der Waals surface area (Å²) >= 11 is 0. The van der Waals surface area contributed by atoms with Crippen molar-refractivity contribution in [1.82, 2.24) is 15.2 Å². The summed E-state index contributed by atoms with van der Waals surface area (Å²) in [5.74, 6) is 1.06. The van der Waals surface area contributed by atoms with E-state index in [0.29, 0.717) is 19.0 Å². The maximum absolute atomic E-state index is 11.4. The van der Waals surface area contributed by atoms with Crippen LogP contribution in [-0.4, -0.2) is 42.5 Å². The molecule has 1 aromatic heterocycles. The van der Waals surface area contributed by atoms with Gasteiger partial charge in [0.25, 0.3) is 0 Å². The first-order valence-electron chi connectivity index (χ1n) is 6.57. The van der Waals surface area contributed by atoms with Crippen LogP contribution in [0.4, 0.5) is 0 Å². The number of aryl methyl sites for hydroxylation is 1. The molecule has 0 radical (unpaired) electrons. The summed E-state index contributed by atoms with van der Waals surface area (Å²) in [4.78, 5) is 17.7. The van der Waals surface area contributed by atoms with Gasteiger partial charge in [-0.25, -0.2) is 0 Å². The van der Waals surface area contributed by atoms with E-state index in [9.17, 15) is 4.79 Å². The quantitative estimate of drug-likeness (QED) is 0.884. The van der Waals surface area contributed by atoms with Crippen LogP contribution in [0.2, 0.25) is 0 Å². The van der Waals surface area contributed by atoms with Gasteiger partial charge in [-0.15, -0.1) is 0 Å². The van der Waals surface area contributed by atoms with Crippen LogP contribution >= 0.6 is 0 Å². The molecule has 1 aliphatic heterocycles. The zero-order chi connectivity index (χ0) is 13.8. The Kier molecular flexibility index (Phi) is 4.37. The number of aromatic nitrogens is 1. The van der Waals surface area contributed by atoms with Crippen molar-refractivity contribution >= 4 is 5.91 Å². The fourth-order valence-corrected chi connectivity index (χ4v) is 2.34. The molecule has 1 unspecified atom stereocenters. The maximum atomic E-state index is 11.4.